The van der Waals surface area contributed by atoms with Crippen molar-refractivity contribution < 1.29 is 8.42 Å². The number of rotatable bonds is 3. The largest absolute Gasteiger partial charge is 0.317 e. The zero-order valence-electron chi connectivity index (χ0n) is 9.70. The number of sulfonamides is 1. The molecule has 1 aromatic heterocycles. The highest BCUT2D eigenvalue weighted by atomic mass is 32.2. The van der Waals surface area contributed by atoms with Crippen molar-refractivity contribution in [2.45, 2.75) is 24.0 Å². The number of aromatic nitrogens is 2. The summed E-state index contributed by atoms with van der Waals surface area (Å²) in [5, 5.41) is 3.08. The predicted octanol–water partition coefficient (Wildman–Crippen LogP) is -0.151. The highest BCUT2D eigenvalue weighted by molar-refractivity contribution is 7.88. The van der Waals surface area contributed by atoms with Crippen LogP contribution in [-0.2, 0) is 10.0 Å². The zero-order chi connectivity index (χ0) is 12.3. The molecule has 0 radical (unpaired) electrons. The van der Waals surface area contributed by atoms with E-state index in [0.717, 1.165) is 25.9 Å². The Morgan fingerprint density at radius 3 is 2.47 bits per heavy atom. The van der Waals surface area contributed by atoms with E-state index in [1.807, 2.05) is 0 Å². The third-order valence-electron chi connectivity index (χ3n) is 2.97. The van der Waals surface area contributed by atoms with Gasteiger partial charge in [-0.15, -0.1) is 0 Å². The molecule has 2 heterocycles. The highest BCUT2D eigenvalue weighted by Crippen LogP contribution is 2.17. The normalized spacial score (nSPS) is 18.5. The molecule has 7 heteroatoms. The molecule has 2 rings (SSSR count). The standard InChI is InChI=1S/C10H16N4O2S/c1-14(9-3-7-11-8-4-9)17(15,16)10-12-5-2-6-13-10/h2,5-6,9,11H,3-4,7-8H2,1H3. The summed E-state index contributed by atoms with van der Waals surface area (Å²) in [4.78, 5) is 7.62. The number of hydrogen-bond acceptors (Lipinski definition) is 5. The summed E-state index contributed by atoms with van der Waals surface area (Å²) in [6, 6.07) is 1.63. The van der Waals surface area contributed by atoms with E-state index in [1.54, 1.807) is 13.1 Å². The summed E-state index contributed by atoms with van der Waals surface area (Å²) in [5.41, 5.74) is 0. The molecule has 1 N–H and O–H groups in total. The molecular weight excluding hydrogens is 240 g/mol. The number of piperidine rings is 1. The number of hydrogen-bond donors (Lipinski definition) is 1. The van der Waals surface area contributed by atoms with Gasteiger partial charge in [-0.25, -0.2) is 18.4 Å². The van der Waals surface area contributed by atoms with Gasteiger partial charge in [-0.2, -0.15) is 4.31 Å². The van der Waals surface area contributed by atoms with Gasteiger partial charge in [0, 0.05) is 25.5 Å². The van der Waals surface area contributed by atoms with Crippen molar-refractivity contribution in [3.63, 3.8) is 0 Å². The molecule has 1 aliphatic heterocycles. The highest BCUT2D eigenvalue weighted by Gasteiger charge is 2.30. The van der Waals surface area contributed by atoms with E-state index in [-0.39, 0.29) is 11.2 Å². The Morgan fingerprint density at radius 1 is 1.29 bits per heavy atom. The van der Waals surface area contributed by atoms with Crippen molar-refractivity contribution in [3.8, 4) is 0 Å². The van der Waals surface area contributed by atoms with E-state index in [2.05, 4.69) is 15.3 Å². The van der Waals surface area contributed by atoms with Gasteiger partial charge in [0.25, 0.3) is 15.2 Å². The molecule has 94 valence electrons. The Morgan fingerprint density at radius 2 is 1.88 bits per heavy atom. The molecule has 0 aliphatic carbocycles. The molecule has 0 saturated carbocycles. The number of nitrogens with zero attached hydrogens (tertiary/aromatic N) is 3. The van der Waals surface area contributed by atoms with Crippen LogP contribution in [0.5, 0.6) is 0 Å². The minimum Gasteiger partial charge on any atom is -0.317 e. The lowest BCUT2D eigenvalue weighted by Crippen LogP contribution is -2.44. The third-order valence-corrected chi connectivity index (χ3v) is 4.70. The van der Waals surface area contributed by atoms with E-state index in [4.69, 9.17) is 0 Å². The summed E-state index contributed by atoms with van der Waals surface area (Å²) < 4.78 is 25.8. The van der Waals surface area contributed by atoms with E-state index >= 15 is 0 Å². The van der Waals surface area contributed by atoms with Gasteiger partial charge in [0.15, 0.2) is 0 Å². The topological polar surface area (TPSA) is 75.2 Å². The second-order valence-corrected chi connectivity index (χ2v) is 5.93. The van der Waals surface area contributed by atoms with Gasteiger partial charge in [0.2, 0.25) is 0 Å². The molecule has 1 aromatic rings. The first kappa shape index (κ1) is 12.4. The van der Waals surface area contributed by atoms with Crippen molar-refractivity contribution in [3.05, 3.63) is 18.5 Å². The van der Waals surface area contributed by atoms with Gasteiger partial charge in [-0.05, 0) is 32.0 Å². The first-order valence-corrected chi connectivity index (χ1v) is 7.02. The first-order chi connectivity index (χ1) is 8.12. The fourth-order valence-corrected chi connectivity index (χ4v) is 3.16. The minimum atomic E-state index is -3.56. The van der Waals surface area contributed by atoms with Gasteiger partial charge < -0.3 is 5.32 Å². The Balaban J connectivity index is 2.20. The van der Waals surface area contributed by atoms with Crippen molar-refractivity contribution in [2.24, 2.45) is 0 Å². The van der Waals surface area contributed by atoms with Gasteiger partial charge in [-0.1, -0.05) is 0 Å². The average molecular weight is 256 g/mol. The van der Waals surface area contributed by atoms with Gasteiger partial charge in [-0.3, -0.25) is 0 Å². The van der Waals surface area contributed by atoms with Crippen LogP contribution in [0.15, 0.2) is 23.6 Å². The molecule has 0 atom stereocenters. The van der Waals surface area contributed by atoms with Crippen LogP contribution in [0.2, 0.25) is 0 Å². The molecule has 0 spiro atoms. The lowest BCUT2D eigenvalue weighted by Gasteiger charge is -2.30. The van der Waals surface area contributed by atoms with Crippen LogP contribution in [-0.4, -0.2) is 48.9 Å². The van der Waals surface area contributed by atoms with Crippen molar-refractivity contribution in [2.75, 3.05) is 20.1 Å². The fourth-order valence-electron chi connectivity index (χ4n) is 1.91. The quantitative estimate of drug-likeness (QED) is 0.761. The van der Waals surface area contributed by atoms with E-state index in [1.165, 1.54) is 16.7 Å². The predicted molar refractivity (Wildman–Crippen MR) is 62.9 cm³/mol. The molecule has 0 amide bonds. The Labute approximate surface area is 101 Å². The van der Waals surface area contributed by atoms with Crippen LogP contribution in [0.25, 0.3) is 0 Å². The molecule has 0 aromatic carbocycles. The Kier molecular flexibility index (Phi) is 3.70. The van der Waals surface area contributed by atoms with Gasteiger partial charge >= 0.3 is 0 Å². The summed E-state index contributed by atoms with van der Waals surface area (Å²) in [6.45, 7) is 1.69. The molecular formula is C10H16N4O2S. The molecule has 17 heavy (non-hydrogen) atoms. The summed E-state index contributed by atoms with van der Waals surface area (Å²) in [7, 11) is -1.96. The van der Waals surface area contributed by atoms with Gasteiger partial charge in [0.1, 0.15) is 0 Å². The molecule has 1 saturated heterocycles. The lowest BCUT2D eigenvalue weighted by molar-refractivity contribution is 0.295. The third kappa shape index (κ3) is 2.62. The zero-order valence-corrected chi connectivity index (χ0v) is 10.5. The van der Waals surface area contributed by atoms with Crippen molar-refractivity contribution >= 4 is 10.0 Å². The molecule has 6 nitrogen and oxygen atoms in total. The Bertz CT molecular complexity index is 456. The average Bonchev–Trinajstić information content (AvgIpc) is 2.40. The van der Waals surface area contributed by atoms with Crippen molar-refractivity contribution in [1.82, 2.24) is 19.6 Å². The maximum absolute atomic E-state index is 12.2. The summed E-state index contributed by atoms with van der Waals surface area (Å²) in [6.07, 6.45) is 4.53. The molecule has 1 fully saturated rings. The fraction of sp³-hybridized carbons (Fsp3) is 0.600. The minimum absolute atomic E-state index is 0.0325. The van der Waals surface area contributed by atoms with Crippen molar-refractivity contribution in [1.29, 1.82) is 0 Å². The smallest absolute Gasteiger partial charge is 0.278 e. The van der Waals surface area contributed by atoms with E-state index in [0.29, 0.717) is 0 Å². The van der Waals surface area contributed by atoms with E-state index < -0.39 is 10.0 Å². The Hall–Kier alpha value is -1.05. The first-order valence-electron chi connectivity index (χ1n) is 5.58. The van der Waals surface area contributed by atoms with Crippen LogP contribution in [0.1, 0.15) is 12.8 Å². The molecule has 1 aliphatic rings. The second kappa shape index (κ2) is 5.07. The van der Waals surface area contributed by atoms with Gasteiger partial charge in [0.05, 0.1) is 0 Å². The molecule has 0 unspecified atom stereocenters. The van der Waals surface area contributed by atoms with Crippen LogP contribution in [0.3, 0.4) is 0 Å². The maximum Gasteiger partial charge on any atom is 0.278 e. The SMILES string of the molecule is CN(C1CCNCC1)S(=O)(=O)c1ncccn1. The monoisotopic (exact) mass is 256 g/mol. The van der Waals surface area contributed by atoms with E-state index in [9.17, 15) is 8.42 Å². The number of nitrogens with one attached hydrogen (secondary N) is 1. The second-order valence-electron chi connectivity index (χ2n) is 4.03. The lowest BCUT2D eigenvalue weighted by atomic mass is 10.1. The van der Waals surface area contributed by atoms with Crippen LogP contribution < -0.4 is 5.32 Å². The van der Waals surface area contributed by atoms with Crippen LogP contribution in [0, 0.1) is 0 Å². The molecule has 0 bridgehead atoms. The summed E-state index contributed by atoms with van der Waals surface area (Å²) >= 11 is 0. The summed E-state index contributed by atoms with van der Waals surface area (Å²) in [5.74, 6) is 0. The van der Waals surface area contributed by atoms with Crippen LogP contribution >= 0.6 is 0 Å². The van der Waals surface area contributed by atoms with Crippen LogP contribution in [0.4, 0.5) is 0 Å². The maximum atomic E-state index is 12.2.